The highest BCUT2D eigenvalue weighted by Crippen LogP contribution is 2.29. The molecule has 6 nitrogen and oxygen atoms in total. The minimum absolute atomic E-state index is 0.00493. The van der Waals surface area contributed by atoms with Gasteiger partial charge < -0.3 is 14.5 Å². The molecule has 35 heavy (non-hydrogen) atoms. The van der Waals surface area contributed by atoms with Crippen molar-refractivity contribution in [1.82, 2.24) is 14.8 Å². The first-order valence-electron chi connectivity index (χ1n) is 12.2. The number of rotatable bonds is 8. The number of carbonyl (C=O) groups is 2. The van der Waals surface area contributed by atoms with Gasteiger partial charge in [0.2, 0.25) is 0 Å². The number of methoxy groups -OCH3 is 1. The molecular formula is C29H33N3O3. The monoisotopic (exact) mass is 471 g/mol. The van der Waals surface area contributed by atoms with E-state index in [9.17, 15) is 9.59 Å². The van der Waals surface area contributed by atoms with Gasteiger partial charge in [-0.2, -0.15) is 0 Å². The summed E-state index contributed by atoms with van der Waals surface area (Å²) in [5, 5.41) is 0. The fourth-order valence-electron chi connectivity index (χ4n) is 4.97. The summed E-state index contributed by atoms with van der Waals surface area (Å²) in [6, 6.07) is 25.3. The number of likely N-dealkylation sites (N-methyl/N-ethyl adjacent to an activating group) is 1. The summed E-state index contributed by atoms with van der Waals surface area (Å²) in [6.45, 7) is 1.29. The molecule has 0 bridgehead atoms. The van der Waals surface area contributed by atoms with Crippen molar-refractivity contribution in [3.63, 3.8) is 0 Å². The van der Waals surface area contributed by atoms with Crippen LogP contribution in [0.3, 0.4) is 0 Å². The average molecular weight is 472 g/mol. The van der Waals surface area contributed by atoms with Gasteiger partial charge in [0.25, 0.3) is 11.8 Å². The Kier molecular flexibility index (Phi) is 8.27. The average Bonchev–Trinajstić information content (AvgIpc) is 2.93. The summed E-state index contributed by atoms with van der Waals surface area (Å²) in [5.74, 6) is 0.192. The fraction of sp³-hybridized carbons (Fsp3) is 0.345. The molecule has 1 aliphatic rings. The van der Waals surface area contributed by atoms with E-state index >= 15 is 0 Å². The first-order valence-corrected chi connectivity index (χ1v) is 12.2. The van der Waals surface area contributed by atoms with E-state index in [0.29, 0.717) is 18.8 Å². The van der Waals surface area contributed by atoms with E-state index in [2.05, 4.69) is 17.1 Å². The zero-order valence-electron chi connectivity index (χ0n) is 20.4. The number of pyridine rings is 1. The number of carbonyl (C=O) groups excluding carboxylic acids is 2. The number of hydrogen-bond acceptors (Lipinski definition) is 4. The number of hydrogen-bond donors (Lipinski definition) is 0. The second kappa shape index (κ2) is 11.8. The highest BCUT2D eigenvalue weighted by molar-refractivity contribution is 5.92. The van der Waals surface area contributed by atoms with Crippen LogP contribution >= 0.6 is 0 Å². The largest absolute Gasteiger partial charge is 0.367 e. The highest BCUT2D eigenvalue weighted by atomic mass is 16.5. The Morgan fingerprint density at radius 1 is 0.971 bits per heavy atom. The van der Waals surface area contributed by atoms with Gasteiger partial charge in [-0.3, -0.25) is 14.6 Å². The van der Waals surface area contributed by atoms with Gasteiger partial charge in [-0.25, -0.2) is 0 Å². The molecule has 0 N–H and O–H groups in total. The highest BCUT2D eigenvalue weighted by Gasteiger charge is 2.35. The number of benzene rings is 2. The molecule has 0 spiro atoms. The first kappa shape index (κ1) is 24.6. The minimum Gasteiger partial charge on any atom is -0.367 e. The van der Waals surface area contributed by atoms with Crippen LogP contribution in [0.15, 0.2) is 85.1 Å². The van der Waals surface area contributed by atoms with Crippen molar-refractivity contribution in [2.75, 3.05) is 27.2 Å². The molecule has 1 aliphatic heterocycles. The first-order chi connectivity index (χ1) is 17.1. The number of amides is 2. The molecule has 182 valence electrons. The third-order valence-corrected chi connectivity index (χ3v) is 6.95. The minimum atomic E-state index is -0.596. The van der Waals surface area contributed by atoms with Crippen molar-refractivity contribution >= 4 is 11.8 Å². The molecule has 0 aliphatic carbocycles. The van der Waals surface area contributed by atoms with Gasteiger partial charge in [-0.15, -0.1) is 0 Å². The van der Waals surface area contributed by atoms with Crippen LogP contribution in [0.5, 0.6) is 0 Å². The van der Waals surface area contributed by atoms with E-state index in [1.54, 1.807) is 19.4 Å². The molecule has 0 radical (unpaired) electrons. The zero-order valence-corrected chi connectivity index (χ0v) is 20.4. The van der Waals surface area contributed by atoms with Gasteiger partial charge in [0.05, 0.1) is 0 Å². The second-order valence-electron chi connectivity index (χ2n) is 9.08. The Labute approximate surface area is 207 Å². The van der Waals surface area contributed by atoms with Gasteiger partial charge in [0.15, 0.2) is 6.10 Å². The maximum absolute atomic E-state index is 13.3. The summed E-state index contributed by atoms with van der Waals surface area (Å²) < 4.78 is 5.57. The number of aromatic nitrogens is 1. The number of ether oxygens (including phenoxy) is 1. The Balaban J connectivity index is 1.48. The van der Waals surface area contributed by atoms with Gasteiger partial charge in [0, 0.05) is 39.5 Å². The molecule has 6 heteroatoms. The zero-order chi connectivity index (χ0) is 24.6. The number of nitrogens with zero attached hydrogens (tertiary/aromatic N) is 3. The van der Waals surface area contributed by atoms with Crippen LogP contribution in [-0.4, -0.2) is 59.9 Å². The summed E-state index contributed by atoms with van der Waals surface area (Å²) in [6.07, 6.45) is 3.47. The van der Waals surface area contributed by atoms with Crippen LogP contribution in [0.4, 0.5) is 0 Å². The quantitative estimate of drug-likeness (QED) is 0.489. The summed E-state index contributed by atoms with van der Waals surface area (Å²) in [7, 11) is 3.45. The third kappa shape index (κ3) is 5.95. The number of likely N-dealkylation sites (tertiary alicyclic amines) is 1. The molecule has 0 saturated carbocycles. The standard InChI is InChI=1S/C29H33N3O3/c1-31(28(33)25-15-9-10-18-30-25)26(21-22-11-5-3-6-12-22)23-16-19-32(20-17-23)29(34)27(35-2)24-13-7-4-8-14-24/h3-15,18,23,26-27H,16-17,19-21H2,1-2H3/t26-,27-/m0/s1. The van der Waals surface area contributed by atoms with E-state index in [-0.39, 0.29) is 23.8 Å². The molecule has 2 aromatic carbocycles. The lowest BCUT2D eigenvalue weighted by atomic mass is 9.84. The van der Waals surface area contributed by atoms with E-state index in [4.69, 9.17) is 4.74 Å². The maximum Gasteiger partial charge on any atom is 0.272 e. The normalized spacial score (nSPS) is 15.9. The molecule has 2 amide bonds. The Morgan fingerprint density at radius 3 is 2.20 bits per heavy atom. The van der Waals surface area contributed by atoms with Crippen molar-refractivity contribution < 1.29 is 14.3 Å². The second-order valence-corrected chi connectivity index (χ2v) is 9.08. The summed E-state index contributed by atoms with van der Waals surface area (Å²) >= 11 is 0. The molecule has 2 atom stereocenters. The molecule has 0 unspecified atom stereocenters. The van der Waals surface area contributed by atoms with E-state index in [0.717, 1.165) is 24.8 Å². The van der Waals surface area contributed by atoms with Crippen LogP contribution in [-0.2, 0) is 16.0 Å². The van der Waals surface area contributed by atoms with Crippen molar-refractivity contribution in [3.05, 3.63) is 102 Å². The predicted molar refractivity (Wildman–Crippen MR) is 136 cm³/mol. The van der Waals surface area contributed by atoms with Gasteiger partial charge in [-0.1, -0.05) is 66.7 Å². The molecule has 2 heterocycles. The lowest BCUT2D eigenvalue weighted by Gasteiger charge is -2.40. The third-order valence-electron chi connectivity index (χ3n) is 6.95. The van der Waals surface area contributed by atoms with E-state index in [1.165, 1.54) is 5.56 Å². The summed E-state index contributed by atoms with van der Waals surface area (Å²) in [5.41, 5.74) is 2.51. The number of piperidine rings is 1. The van der Waals surface area contributed by atoms with Gasteiger partial charge in [0.1, 0.15) is 5.69 Å². The molecule has 3 aromatic rings. The van der Waals surface area contributed by atoms with Crippen LogP contribution in [0, 0.1) is 5.92 Å². The van der Waals surface area contributed by atoms with Crippen LogP contribution in [0.25, 0.3) is 0 Å². The summed E-state index contributed by atoms with van der Waals surface area (Å²) in [4.78, 5) is 34.5. The predicted octanol–water partition coefficient (Wildman–Crippen LogP) is 4.39. The smallest absolute Gasteiger partial charge is 0.272 e. The van der Waals surface area contributed by atoms with Crippen LogP contribution in [0.1, 0.15) is 40.6 Å². The van der Waals surface area contributed by atoms with Crippen LogP contribution < -0.4 is 0 Å². The molecule has 1 saturated heterocycles. The van der Waals surface area contributed by atoms with Gasteiger partial charge >= 0.3 is 0 Å². The lowest BCUT2D eigenvalue weighted by molar-refractivity contribution is -0.144. The molecule has 4 rings (SSSR count). The van der Waals surface area contributed by atoms with Crippen molar-refractivity contribution in [3.8, 4) is 0 Å². The SMILES string of the molecule is CO[C@H](C(=O)N1CCC([C@H](Cc2ccccc2)N(C)C(=O)c2ccccn2)CC1)c1ccccc1. The Morgan fingerprint density at radius 2 is 1.60 bits per heavy atom. The molecule has 1 aromatic heterocycles. The van der Waals surface area contributed by atoms with Crippen molar-refractivity contribution in [2.45, 2.75) is 31.4 Å². The maximum atomic E-state index is 13.3. The molecular weight excluding hydrogens is 438 g/mol. The topological polar surface area (TPSA) is 62.7 Å². The van der Waals surface area contributed by atoms with E-state index in [1.807, 2.05) is 77.5 Å². The Hall–Kier alpha value is -3.51. The Bertz CT molecular complexity index is 1080. The van der Waals surface area contributed by atoms with E-state index < -0.39 is 6.10 Å². The lowest BCUT2D eigenvalue weighted by Crippen LogP contribution is -2.49. The van der Waals surface area contributed by atoms with Crippen LogP contribution in [0.2, 0.25) is 0 Å². The molecule has 1 fully saturated rings. The fourth-order valence-corrected chi connectivity index (χ4v) is 4.97. The van der Waals surface area contributed by atoms with Crippen molar-refractivity contribution in [1.29, 1.82) is 0 Å². The van der Waals surface area contributed by atoms with Crippen molar-refractivity contribution in [2.24, 2.45) is 5.92 Å². The van der Waals surface area contributed by atoms with Gasteiger partial charge in [-0.05, 0) is 48.4 Å².